The van der Waals surface area contributed by atoms with E-state index in [1.807, 2.05) is 0 Å². The molecule has 2 aliphatic rings. The predicted molar refractivity (Wildman–Crippen MR) is 77.4 cm³/mol. The molecule has 2 atom stereocenters. The van der Waals surface area contributed by atoms with E-state index in [1.54, 1.807) is 0 Å². The Kier molecular flexibility index (Phi) is 4.47. The highest BCUT2D eigenvalue weighted by Gasteiger charge is 2.31. The number of hydrogen-bond acceptors (Lipinski definition) is 4. The molecule has 22 heavy (non-hydrogen) atoms. The van der Waals surface area contributed by atoms with Gasteiger partial charge in [0.25, 0.3) is 0 Å². The second kappa shape index (κ2) is 6.22. The molecule has 1 fully saturated rings. The summed E-state index contributed by atoms with van der Waals surface area (Å²) >= 11 is 0. The normalized spacial score (nSPS) is 26.8. The van der Waals surface area contributed by atoms with Crippen LogP contribution in [-0.2, 0) is 14.6 Å². The quantitative estimate of drug-likeness (QED) is 0.861. The van der Waals surface area contributed by atoms with Crippen molar-refractivity contribution in [3.05, 3.63) is 29.3 Å². The molecule has 2 aliphatic heterocycles. The molecule has 1 N–H and O–H groups in total. The lowest BCUT2D eigenvalue weighted by molar-refractivity contribution is 0.103. The first-order valence-electron chi connectivity index (χ1n) is 7.54. The zero-order chi connectivity index (χ0) is 15.7. The van der Waals surface area contributed by atoms with Crippen molar-refractivity contribution in [2.24, 2.45) is 0 Å². The Morgan fingerprint density at radius 2 is 2.00 bits per heavy atom. The van der Waals surface area contributed by atoms with Crippen molar-refractivity contribution in [1.29, 1.82) is 0 Å². The topological polar surface area (TPSA) is 55.4 Å². The smallest absolute Gasteiger partial charge is 0.178 e. The van der Waals surface area contributed by atoms with Gasteiger partial charge >= 0.3 is 0 Å². The van der Waals surface area contributed by atoms with Gasteiger partial charge in [-0.2, -0.15) is 0 Å². The highest BCUT2D eigenvalue weighted by Crippen LogP contribution is 2.33. The van der Waals surface area contributed by atoms with Gasteiger partial charge in [-0.05, 0) is 49.9 Å². The summed E-state index contributed by atoms with van der Waals surface area (Å²) in [5, 5.41) is 3.26. The zero-order valence-corrected chi connectivity index (χ0v) is 13.0. The number of rotatable bonds is 4. The van der Waals surface area contributed by atoms with Crippen LogP contribution < -0.4 is 5.32 Å². The maximum atomic E-state index is 13.5. The maximum Gasteiger partial charge on any atom is 0.178 e. The molecule has 0 spiro atoms. The maximum absolute atomic E-state index is 13.5. The second-order valence-electron chi connectivity index (χ2n) is 5.84. The van der Waals surface area contributed by atoms with Crippen molar-refractivity contribution in [2.75, 3.05) is 18.9 Å². The van der Waals surface area contributed by atoms with Crippen LogP contribution >= 0.6 is 0 Å². The molecule has 0 bridgehead atoms. The van der Waals surface area contributed by atoms with E-state index in [0.717, 1.165) is 38.0 Å². The van der Waals surface area contributed by atoms with Gasteiger partial charge in [0.05, 0.1) is 16.8 Å². The minimum Gasteiger partial charge on any atom is -0.378 e. The van der Waals surface area contributed by atoms with Crippen LogP contribution in [0.25, 0.3) is 0 Å². The molecule has 4 nitrogen and oxygen atoms in total. The number of fused-ring (bicyclic) bond motifs is 1. The van der Waals surface area contributed by atoms with Gasteiger partial charge in [0, 0.05) is 12.6 Å². The minimum absolute atomic E-state index is 0.0529. The van der Waals surface area contributed by atoms with E-state index in [2.05, 4.69) is 5.32 Å². The lowest BCUT2D eigenvalue weighted by Crippen LogP contribution is -2.32. The van der Waals surface area contributed by atoms with E-state index in [1.165, 1.54) is 0 Å². The lowest BCUT2D eigenvalue weighted by atomic mass is 10.0. The largest absolute Gasteiger partial charge is 0.378 e. The summed E-state index contributed by atoms with van der Waals surface area (Å²) in [4.78, 5) is -0.0905. The number of nitrogens with one attached hydrogen (secondary N) is 1. The molecule has 0 aromatic heterocycles. The number of ether oxygens (including phenoxy) is 1. The third-order valence-electron chi connectivity index (χ3n) is 4.32. The lowest BCUT2D eigenvalue weighted by Gasteiger charge is -2.27. The summed E-state index contributed by atoms with van der Waals surface area (Å²) in [5.74, 6) is -2.19. The first kappa shape index (κ1) is 15.8. The highest BCUT2D eigenvalue weighted by atomic mass is 32.2. The molecule has 1 aromatic carbocycles. The summed E-state index contributed by atoms with van der Waals surface area (Å²) in [6, 6.07) is 1.54. The van der Waals surface area contributed by atoms with Crippen molar-refractivity contribution in [2.45, 2.75) is 42.7 Å². The van der Waals surface area contributed by atoms with Gasteiger partial charge in [0.1, 0.15) is 0 Å². The standard InChI is InChI=1S/C15H19F2NO3S/c16-12-8-11-14(18-5-3-10-2-1-6-21-10)4-7-22(19,20)15(11)9-13(12)17/h8-10,14,18H,1-7H2/t10-,14+/m1/s1. The summed E-state index contributed by atoms with van der Waals surface area (Å²) in [7, 11) is -3.53. The summed E-state index contributed by atoms with van der Waals surface area (Å²) in [5.41, 5.74) is 0.331. The Bertz CT molecular complexity index is 657. The van der Waals surface area contributed by atoms with Crippen LogP contribution in [0, 0.1) is 11.6 Å². The first-order valence-corrected chi connectivity index (χ1v) is 9.19. The second-order valence-corrected chi connectivity index (χ2v) is 7.92. The Labute approximate surface area is 128 Å². The third-order valence-corrected chi connectivity index (χ3v) is 6.12. The Hall–Kier alpha value is -1.05. The van der Waals surface area contributed by atoms with Gasteiger partial charge < -0.3 is 10.1 Å². The van der Waals surface area contributed by atoms with E-state index in [4.69, 9.17) is 4.74 Å². The summed E-state index contributed by atoms with van der Waals surface area (Å²) < 4.78 is 56.4. The van der Waals surface area contributed by atoms with Crippen LogP contribution in [-0.4, -0.2) is 33.4 Å². The fourth-order valence-corrected chi connectivity index (χ4v) is 4.74. The predicted octanol–water partition coefficient (Wildman–Crippen LogP) is 2.34. The van der Waals surface area contributed by atoms with Crippen molar-refractivity contribution in [1.82, 2.24) is 5.32 Å². The minimum atomic E-state index is -3.53. The van der Waals surface area contributed by atoms with Gasteiger partial charge in [0.15, 0.2) is 21.5 Å². The first-order chi connectivity index (χ1) is 10.5. The van der Waals surface area contributed by atoms with Crippen LogP contribution in [0.4, 0.5) is 8.78 Å². The summed E-state index contributed by atoms with van der Waals surface area (Å²) in [6.45, 7) is 1.45. The number of benzene rings is 1. The van der Waals surface area contributed by atoms with Gasteiger partial charge in [-0.15, -0.1) is 0 Å². The van der Waals surface area contributed by atoms with Gasteiger partial charge in [0.2, 0.25) is 0 Å². The van der Waals surface area contributed by atoms with E-state index >= 15 is 0 Å². The molecule has 1 saturated heterocycles. The summed E-state index contributed by atoms with van der Waals surface area (Å²) in [6.07, 6.45) is 3.55. The van der Waals surface area contributed by atoms with Crippen molar-refractivity contribution < 1.29 is 21.9 Å². The molecule has 0 radical (unpaired) electrons. The Balaban J connectivity index is 1.75. The van der Waals surface area contributed by atoms with Crippen LogP contribution in [0.2, 0.25) is 0 Å². The average Bonchev–Trinajstić information content (AvgIpc) is 2.97. The molecule has 0 saturated carbocycles. The molecule has 0 amide bonds. The van der Waals surface area contributed by atoms with Gasteiger partial charge in [-0.3, -0.25) is 0 Å². The third kappa shape index (κ3) is 3.16. The fraction of sp³-hybridized carbons (Fsp3) is 0.600. The fourth-order valence-electron chi connectivity index (χ4n) is 3.13. The SMILES string of the molecule is O=S1(=O)CC[C@H](NCC[C@H]2CCCO2)c2cc(F)c(F)cc21. The van der Waals surface area contributed by atoms with E-state index in [0.29, 0.717) is 18.5 Å². The molecule has 3 rings (SSSR count). The zero-order valence-electron chi connectivity index (χ0n) is 12.1. The van der Waals surface area contributed by atoms with Crippen LogP contribution in [0.3, 0.4) is 0 Å². The molecule has 122 valence electrons. The van der Waals surface area contributed by atoms with E-state index in [9.17, 15) is 17.2 Å². The molecular weight excluding hydrogens is 312 g/mol. The molecular formula is C15H19F2NO3S. The number of sulfone groups is 1. The van der Waals surface area contributed by atoms with E-state index < -0.39 is 21.5 Å². The van der Waals surface area contributed by atoms with Crippen LogP contribution in [0.15, 0.2) is 17.0 Å². The van der Waals surface area contributed by atoms with Crippen LogP contribution in [0.1, 0.15) is 37.3 Å². The molecule has 2 heterocycles. The average molecular weight is 331 g/mol. The number of hydrogen-bond donors (Lipinski definition) is 1. The molecule has 7 heteroatoms. The Morgan fingerprint density at radius 3 is 2.73 bits per heavy atom. The Morgan fingerprint density at radius 1 is 1.23 bits per heavy atom. The van der Waals surface area contributed by atoms with E-state index in [-0.39, 0.29) is 22.8 Å². The van der Waals surface area contributed by atoms with Gasteiger partial charge in [-0.25, -0.2) is 17.2 Å². The number of halogens is 2. The molecule has 0 aliphatic carbocycles. The van der Waals surface area contributed by atoms with Crippen LogP contribution in [0.5, 0.6) is 0 Å². The molecule has 1 aromatic rings. The van der Waals surface area contributed by atoms with Crippen molar-refractivity contribution in [3.8, 4) is 0 Å². The highest BCUT2D eigenvalue weighted by molar-refractivity contribution is 7.91. The monoisotopic (exact) mass is 331 g/mol. The molecule has 0 unspecified atom stereocenters. The van der Waals surface area contributed by atoms with Gasteiger partial charge in [-0.1, -0.05) is 0 Å². The van der Waals surface area contributed by atoms with Crippen molar-refractivity contribution >= 4 is 9.84 Å². The van der Waals surface area contributed by atoms with Crippen molar-refractivity contribution in [3.63, 3.8) is 0 Å².